The molecule has 0 amide bonds. The number of piperidine rings is 1. The molecule has 7 nitrogen and oxygen atoms in total. The first kappa shape index (κ1) is 20.6. The molecule has 5 heterocycles. The highest BCUT2D eigenvalue weighted by molar-refractivity contribution is 5.34. The van der Waals surface area contributed by atoms with E-state index in [0.29, 0.717) is 18.0 Å². The third kappa shape index (κ3) is 4.06. The van der Waals surface area contributed by atoms with Crippen molar-refractivity contribution in [1.29, 1.82) is 0 Å². The Morgan fingerprint density at radius 3 is 2.62 bits per heavy atom. The molecule has 2 aromatic rings. The summed E-state index contributed by atoms with van der Waals surface area (Å²) in [6.45, 7) is 6.79. The molecule has 1 spiro atoms. The lowest BCUT2D eigenvalue weighted by molar-refractivity contribution is -0.0216. The van der Waals surface area contributed by atoms with E-state index in [1.165, 1.54) is 51.6 Å². The average Bonchev–Trinajstić information content (AvgIpc) is 3.50. The molecule has 172 valence electrons. The van der Waals surface area contributed by atoms with Gasteiger partial charge in [0.2, 0.25) is 6.39 Å². The molecule has 4 saturated heterocycles. The van der Waals surface area contributed by atoms with Crippen LogP contribution in [0, 0.1) is 5.92 Å². The standard InChI is InChI=1S/C25H34N4O3/c1-2-4-23(21(3-1)13-19-7-11-30-12-8-19)20-5-9-28(10-6-20)22-14-25(32-15-22)16-29(17-25)24-27-26-18-31-24/h1-4,18-20,22H,5-17H2. The summed E-state index contributed by atoms with van der Waals surface area (Å²) < 4.78 is 17.2. The highest BCUT2D eigenvalue weighted by atomic mass is 16.5. The van der Waals surface area contributed by atoms with Gasteiger partial charge in [-0.3, -0.25) is 4.90 Å². The van der Waals surface area contributed by atoms with Gasteiger partial charge in [-0.2, -0.15) is 0 Å². The van der Waals surface area contributed by atoms with Gasteiger partial charge in [0.15, 0.2) is 0 Å². The largest absolute Gasteiger partial charge is 0.411 e. The Morgan fingerprint density at radius 1 is 1.03 bits per heavy atom. The minimum atomic E-state index is -0.0215. The van der Waals surface area contributed by atoms with Crippen LogP contribution in [-0.2, 0) is 15.9 Å². The molecule has 1 atom stereocenters. The molecular weight excluding hydrogens is 404 g/mol. The van der Waals surface area contributed by atoms with Crippen molar-refractivity contribution in [1.82, 2.24) is 15.1 Å². The summed E-state index contributed by atoms with van der Waals surface area (Å²) in [5, 5.41) is 7.81. The van der Waals surface area contributed by atoms with Gasteiger partial charge in [0.05, 0.1) is 19.7 Å². The highest BCUT2D eigenvalue weighted by Gasteiger charge is 2.52. The molecule has 4 aliphatic rings. The van der Waals surface area contributed by atoms with Gasteiger partial charge in [-0.25, -0.2) is 0 Å². The number of rotatable bonds is 5. The van der Waals surface area contributed by atoms with Gasteiger partial charge in [0, 0.05) is 19.3 Å². The third-order valence-corrected chi connectivity index (χ3v) is 8.16. The van der Waals surface area contributed by atoms with E-state index in [9.17, 15) is 0 Å². The van der Waals surface area contributed by atoms with Crippen molar-refractivity contribution in [3.8, 4) is 0 Å². The van der Waals surface area contributed by atoms with Gasteiger partial charge in [0.25, 0.3) is 0 Å². The molecule has 4 aliphatic heterocycles. The number of hydrogen-bond donors (Lipinski definition) is 0. The van der Waals surface area contributed by atoms with Crippen LogP contribution in [0.3, 0.4) is 0 Å². The fourth-order valence-electron chi connectivity index (χ4n) is 6.32. The summed E-state index contributed by atoms with van der Waals surface area (Å²) in [6.07, 6.45) is 8.65. The number of ether oxygens (including phenoxy) is 2. The van der Waals surface area contributed by atoms with E-state index in [1.807, 2.05) is 0 Å². The molecular formula is C25H34N4O3. The fraction of sp³-hybridized carbons (Fsp3) is 0.680. The molecule has 1 aromatic heterocycles. The highest BCUT2D eigenvalue weighted by Crippen LogP contribution is 2.40. The molecule has 0 radical (unpaired) electrons. The first-order valence-corrected chi connectivity index (χ1v) is 12.3. The smallest absolute Gasteiger partial charge is 0.318 e. The maximum Gasteiger partial charge on any atom is 0.318 e. The number of hydrogen-bond acceptors (Lipinski definition) is 7. The molecule has 0 saturated carbocycles. The maximum absolute atomic E-state index is 6.30. The molecule has 1 aromatic carbocycles. The lowest BCUT2D eigenvalue weighted by atomic mass is 9.82. The molecule has 0 aliphatic carbocycles. The molecule has 0 N–H and O–H groups in total. The predicted molar refractivity (Wildman–Crippen MR) is 121 cm³/mol. The maximum atomic E-state index is 6.30. The zero-order valence-electron chi connectivity index (χ0n) is 18.8. The second-order valence-electron chi connectivity index (χ2n) is 10.2. The van der Waals surface area contributed by atoms with Gasteiger partial charge in [-0.1, -0.05) is 29.4 Å². The first-order chi connectivity index (χ1) is 15.8. The van der Waals surface area contributed by atoms with Crippen molar-refractivity contribution in [3.05, 3.63) is 41.8 Å². The SMILES string of the molecule is c1ccc(C2CCN(C3COC4(C3)CN(c3nnco3)C4)CC2)c(CC2CCOCC2)c1. The lowest BCUT2D eigenvalue weighted by Crippen LogP contribution is -2.62. The number of nitrogens with zero attached hydrogens (tertiary/aromatic N) is 4. The summed E-state index contributed by atoms with van der Waals surface area (Å²) in [5.74, 6) is 1.47. The summed E-state index contributed by atoms with van der Waals surface area (Å²) in [6, 6.07) is 10.4. The van der Waals surface area contributed by atoms with Crippen molar-refractivity contribution in [2.45, 2.75) is 56.1 Å². The zero-order valence-corrected chi connectivity index (χ0v) is 18.8. The van der Waals surface area contributed by atoms with Crippen LogP contribution in [0.25, 0.3) is 0 Å². The summed E-state index contributed by atoms with van der Waals surface area (Å²) in [5.41, 5.74) is 3.16. The Kier molecular flexibility index (Phi) is 5.65. The molecule has 4 fully saturated rings. The van der Waals surface area contributed by atoms with Crippen LogP contribution in [0.2, 0.25) is 0 Å². The number of aromatic nitrogens is 2. The van der Waals surface area contributed by atoms with Crippen LogP contribution in [0.15, 0.2) is 35.1 Å². The van der Waals surface area contributed by atoms with Crippen LogP contribution in [0.4, 0.5) is 6.01 Å². The van der Waals surface area contributed by atoms with Gasteiger partial charge in [-0.05, 0) is 74.6 Å². The Bertz CT molecular complexity index is 884. The Hall–Kier alpha value is -1.96. The quantitative estimate of drug-likeness (QED) is 0.710. The Balaban J connectivity index is 1.03. The van der Waals surface area contributed by atoms with Crippen LogP contribution in [-0.4, -0.2) is 72.7 Å². The van der Waals surface area contributed by atoms with Crippen molar-refractivity contribution in [2.24, 2.45) is 5.92 Å². The number of benzene rings is 1. The monoisotopic (exact) mass is 438 g/mol. The Labute approximate surface area is 190 Å². The average molecular weight is 439 g/mol. The van der Waals surface area contributed by atoms with E-state index in [4.69, 9.17) is 13.9 Å². The van der Waals surface area contributed by atoms with Crippen molar-refractivity contribution in [2.75, 3.05) is 50.9 Å². The minimum absolute atomic E-state index is 0.0215. The van der Waals surface area contributed by atoms with E-state index in [-0.39, 0.29) is 5.60 Å². The second-order valence-corrected chi connectivity index (χ2v) is 10.2. The fourth-order valence-corrected chi connectivity index (χ4v) is 6.32. The normalized spacial score (nSPS) is 27.1. The summed E-state index contributed by atoms with van der Waals surface area (Å²) in [4.78, 5) is 4.80. The van der Waals surface area contributed by atoms with Gasteiger partial charge in [0.1, 0.15) is 5.60 Å². The molecule has 6 rings (SSSR count). The molecule has 7 heteroatoms. The Morgan fingerprint density at radius 2 is 1.84 bits per heavy atom. The van der Waals surface area contributed by atoms with Gasteiger partial charge in [-0.15, -0.1) is 5.10 Å². The minimum Gasteiger partial charge on any atom is -0.411 e. The van der Waals surface area contributed by atoms with Crippen molar-refractivity contribution < 1.29 is 13.9 Å². The van der Waals surface area contributed by atoms with Crippen LogP contribution < -0.4 is 4.90 Å². The topological polar surface area (TPSA) is 63.9 Å². The molecule has 32 heavy (non-hydrogen) atoms. The lowest BCUT2D eigenvalue weighted by Gasteiger charge is -2.46. The predicted octanol–water partition coefficient (Wildman–Crippen LogP) is 3.27. The van der Waals surface area contributed by atoms with Gasteiger partial charge < -0.3 is 18.8 Å². The van der Waals surface area contributed by atoms with Crippen LogP contribution >= 0.6 is 0 Å². The molecule has 0 bridgehead atoms. The number of anilines is 1. The van der Waals surface area contributed by atoms with Gasteiger partial charge >= 0.3 is 6.01 Å². The van der Waals surface area contributed by atoms with Crippen LogP contribution in [0.1, 0.15) is 49.1 Å². The van der Waals surface area contributed by atoms with E-state index < -0.39 is 0 Å². The van der Waals surface area contributed by atoms with E-state index >= 15 is 0 Å². The van der Waals surface area contributed by atoms with Crippen LogP contribution in [0.5, 0.6) is 0 Å². The zero-order chi connectivity index (χ0) is 21.4. The van der Waals surface area contributed by atoms with Crippen molar-refractivity contribution in [3.63, 3.8) is 0 Å². The summed E-state index contributed by atoms with van der Waals surface area (Å²) >= 11 is 0. The van der Waals surface area contributed by atoms with E-state index in [1.54, 1.807) is 11.1 Å². The first-order valence-electron chi connectivity index (χ1n) is 12.3. The van der Waals surface area contributed by atoms with Crippen molar-refractivity contribution >= 4 is 6.01 Å². The van der Waals surface area contributed by atoms with E-state index in [0.717, 1.165) is 45.2 Å². The summed E-state index contributed by atoms with van der Waals surface area (Å²) in [7, 11) is 0. The second kappa shape index (κ2) is 8.76. The third-order valence-electron chi connectivity index (χ3n) is 8.16. The number of likely N-dealkylation sites (tertiary alicyclic amines) is 1. The molecule has 1 unspecified atom stereocenters. The van der Waals surface area contributed by atoms with E-state index in [2.05, 4.69) is 44.3 Å².